The molecule has 1 aromatic heterocycles. The SMILES string of the molecule is Nc1ncc(C2CCC2)[nH]1. The van der Waals surface area contributed by atoms with Gasteiger partial charge in [-0.15, -0.1) is 0 Å². The van der Waals surface area contributed by atoms with Gasteiger partial charge in [0.25, 0.3) is 0 Å². The number of nitrogens with zero attached hydrogens (tertiary/aromatic N) is 1. The average molecular weight is 137 g/mol. The second kappa shape index (κ2) is 2.01. The molecule has 0 aliphatic heterocycles. The fourth-order valence-electron chi connectivity index (χ4n) is 1.28. The van der Waals surface area contributed by atoms with Crippen LogP contribution in [0.5, 0.6) is 0 Å². The fraction of sp³-hybridized carbons (Fsp3) is 0.571. The summed E-state index contributed by atoms with van der Waals surface area (Å²) < 4.78 is 0. The van der Waals surface area contributed by atoms with Crippen molar-refractivity contribution in [3.63, 3.8) is 0 Å². The van der Waals surface area contributed by atoms with Crippen LogP contribution < -0.4 is 5.73 Å². The Balaban J connectivity index is 2.17. The first-order valence-electron chi connectivity index (χ1n) is 3.66. The summed E-state index contributed by atoms with van der Waals surface area (Å²) in [4.78, 5) is 6.99. The van der Waals surface area contributed by atoms with Crippen molar-refractivity contribution in [1.29, 1.82) is 0 Å². The van der Waals surface area contributed by atoms with Gasteiger partial charge in [0, 0.05) is 11.6 Å². The van der Waals surface area contributed by atoms with Gasteiger partial charge in [0.15, 0.2) is 5.95 Å². The van der Waals surface area contributed by atoms with Gasteiger partial charge >= 0.3 is 0 Å². The molecule has 1 aromatic rings. The van der Waals surface area contributed by atoms with E-state index in [0.29, 0.717) is 11.9 Å². The number of aromatic amines is 1. The molecule has 2 rings (SSSR count). The summed E-state index contributed by atoms with van der Waals surface area (Å²) >= 11 is 0. The second-order valence-corrected chi connectivity index (χ2v) is 2.85. The van der Waals surface area contributed by atoms with Crippen molar-refractivity contribution in [3.8, 4) is 0 Å². The van der Waals surface area contributed by atoms with Crippen LogP contribution in [0, 0.1) is 0 Å². The van der Waals surface area contributed by atoms with E-state index in [1.165, 1.54) is 25.0 Å². The smallest absolute Gasteiger partial charge is 0.197 e. The zero-order valence-electron chi connectivity index (χ0n) is 5.80. The van der Waals surface area contributed by atoms with Gasteiger partial charge in [0.2, 0.25) is 0 Å². The number of hydrogen-bond donors (Lipinski definition) is 2. The number of nitrogens with one attached hydrogen (secondary N) is 1. The van der Waals surface area contributed by atoms with Gasteiger partial charge < -0.3 is 10.7 Å². The Morgan fingerprint density at radius 1 is 1.60 bits per heavy atom. The van der Waals surface area contributed by atoms with Crippen molar-refractivity contribution < 1.29 is 0 Å². The van der Waals surface area contributed by atoms with Crippen LogP contribution in [-0.4, -0.2) is 9.97 Å². The molecule has 0 radical (unpaired) electrons. The molecule has 3 heteroatoms. The van der Waals surface area contributed by atoms with Crippen molar-refractivity contribution in [3.05, 3.63) is 11.9 Å². The Bertz CT molecular complexity index is 225. The molecule has 1 aliphatic carbocycles. The van der Waals surface area contributed by atoms with E-state index in [2.05, 4.69) is 9.97 Å². The number of nitrogens with two attached hydrogens (primary N) is 1. The van der Waals surface area contributed by atoms with Crippen LogP contribution in [0.25, 0.3) is 0 Å². The summed E-state index contributed by atoms with van der Waals surface area (Å²) in [7, 11) is 0. The summed E-state index contributed by atoms with van der Waals surface area (Å²) in [6.07, 6.45) is 5.78. The molecule has 3 N–H and O–H groups in total. The molecule has 0 spiro atoms. The normalized spacial score (nSPS) is 18.8. The molecule has 54 valence electrons. The minimum atomic E-state index is 0.543. The lowest BCUT2D eigenvalue weighted by Gasteiger charge is -2.23. The number of aromatic nitrogens is 2. The van der Waals surface area contributed by atoms with Crippen molar-refractivity contribution in [2.45, 2.75) is 25.2 Å². The van der Waals surface area contributed by atoms with Gasteiger partial charge in [-0.25, -0.2) is 4.98 Å². The molecule has 0 aromatic carbocycles. The highest BCUT2D eigenvalue weighted by molar-refractivity contribution is 5.21. The zero-order chi connectivity index (χ0) is 6.97. The maximum atomic E-state index is 5.43. The molecule has 1 saturated carbocycles. The van der Waals surface area contributed by atoms with E-state index in [4.69, 9.17) is 5.73 Å². The van der Waals surface area contributed by atoms with Crippen LogP contribution in [0.2, 0.25) is 0 Å². The number of hydrogen-bond acceptors (Lipinski definition) is 2. The van der Waals surface area contributed by atoms with Gasteiger partial charge in [0.05, 0.1) is 6.20 Å². The lowest BCUT2D eigenvalue weighted by Crippen LogP contribution is -2.08. The number of imidazole rings is 1. The van der Waals surface area contributed by atoms with Gasteiger partial charge in [-0.2, -0.15) is 0 Å². The summed E-state index contributed by atoms with van der Waals surface area (Å²) in [5, 5.41) is 0. The van der Waals surface area contributed by atoms with Crippen molar-refractivity contribution in [1.82, 2.24) is 9.97 Å². The van der Waals surface area contributed by atoms with E-state index in [9.17, 15) is 0 Å². The van der Waals surface area contributed by atoms with Crippen LogP contribution in [0.15, 0.2) is 6.20 Å². The van der Waals surface area contributed by atoms with Crippen LogP contribution in [0.1, 0.15) is 30.9 Å². The lowest BCUT2D eigenvalue weighted by atomic mass is 9.83. The number of H-pyrrole nitrogens is 1. The van der Waals surface area contributed by atoms with E-state index in [-0.39, 0.29) is 0 Å². The minimum absolute atomic E-state index is 0.543. The molecular formula is C7H11N3. The zero-order valence-corrected chi connectivity index (χ0v) is 5.80. The third-order valence-electron chi connectivity index (χ3n) is 2.16. The molecule has 1 aliphatic rings. The predicted molar refractivity (Wildman–Crippen MR) is 39.6 cm³/mol. The summed E-state index contributed by atoms with van der Waals surface area (Å²) in [5.41, 5.74) is 6.64. The van der Waals surface area contributed by atoms with Gasteiger partial charge in [0.1, 0.15) is 0 Å². The Hall–Kier alpha value is -0.990. The molecule has 0 saturated heterocycles. The molecule has 0 unspecified atom stereocenters. The highest BCUT2D eigenvalue weighted by atomic mass is 15.0. The summed E-state index contributed by atoms with van der Waals surface area (Å²) in [6.45, 7) is 0. The largest absolute Gasteiger partial charge is 0.369 e. The molecule has 0 atom stereocenters. The summed E-state index contributed by atoms with van der Waals surface area (Å²) in [5.74, 6) is 1.26. The minimum Gasteiger partial charge on any atom is -0.369 e. The fourth-order valence-corrected chi connectivity index (χ4v) is 1.28. The first kappa shape index (κ1) is 5.77. The Morgan fingerprint density at radius 2 is 2.40 bits per heavy atom. The van der Waals surface area contributed by atoms with E-state index in [0.717, 1.165) is 0 Å². The van der Waals surface area contributed by atoms with Crippen molar-refractivity contribution in [2.75, 3.05) is 5.73 Å². The monoisotopic (exact) mass is 137 g/mol. The average Bonchev–Trinajstić information content (AvgIpc) is 2.10. The van der Waals surface area contributed by atoms with E-state index in [1.807, 2.05) is 6.20 Å². The Kier molecular flexibility index (Phi) is 1.16. The molecule has 10 heavy (non-hydrogen) atoms. The topological polar surface area (TPSA) is 54.7 Å². The molecular weight excluding hydrogens is 126 g/mol. The highest BCUT2D eigenvalue weighted by Gasteiger charge is 2.20. The third-order valence-corrected chi connectivity index (χ3v) is 2.16. The maximum absolute atomic E-state index is 5.43. The molecule has 1 heterocycles. The van der Waals surface area contributed by atoms with Gasteiger partial charge in [-0.05, 0) is 12.8 Å². The van der Waals surface area contributed by atoms with E-state index >= 15 is 0 Å². The van der Waals surface area contributed by atoms with Gasteiger partial charge in [-0.3, -0.25) is 0 Å². The first-order valence-corrected chi connectivity index (χ1v) is 3.66. The van der Waals surface area contributed by atoms with E-state index in [1.54, 1.807) is 0 Å². The predicted octanol–water partition coefficient (Wildman–Crippen LogP) is 1.26. The van der Waals surface area contributed by atoms with Crippen LogP contribution >= 0.6 is 0 Å². The lowest BCUT2D eigenvalue weighted by molar-refractivity contribution is 0.412. The van der Waals surface area contributed by atoms with Crippen LogP contribution in [-0.2, 0) is 0 Å². The second-order valence-electron chi connectivity index (χ2n) is 2.85. The highest BCUT2D eigenvalue weighted by Crippen LogP contribution is 2.35. The Labute approximate surface area is 59.7 Å². The summed E-state index contributed by atoms with van der Waals surface area (Å²) in [6, 6.07) is 0. The molecule has 1 fully saturated rings. The van der Waals surface area contributed by atoms with Crippen molar-refractivity contribution >= 4 is 5.95 Å². The standard InChI is InChI=1S/C7H11N3/c8-7-9-4-6(10-7)5-2-1-3-5/h4-5H,1-3H2,(H3,8,9,10). The van der Waals surface area contributed by atoms with Crippen molar-refractivity contribution in [2.24, 2.45) is 0 Å². The molecule has 0 amide bonds. The van der Waals surface area contributed by atoms with Crippen LogP contribution in [0.4, 0.5) is 5.95 Å². The third kappa shape index (κ3) is 0.781. The quantitative estimate of drug-likeness (QED) is 0.612. The maximum Gasteiger partial charge on any atom is 0.197 e. The number of rotatable bonds is 1. The van der Waals surface area contributed by atoms with Crippen LogP contribution in [0.3, 0.4) is 0 Å². The Morgan fingerprint density at radius 3 is 2.80 bits per heavy atom. The first-order chi connectivity index (χ1) is 4.86. The number of anilines is 1. The van der Waals surface area contributed by atoms with Gasteiger partial charge in [-0.1, -0.05) is 6.42 Å². The molecule has 3 nitrogen and oxygen atoms in total. The number of nitrogen functional groups attached to an aromatic ring is 1. The molecule has 0 bridgehead atoms. The van der Waals surface area contributed by atoms with E-state index < -0.39 is 0 Å².